The number of aromatic amines is 1. The lowest BCUT2D eigenvalue weighted by Crippen LogP contribution is -2.42. The van der Waals surface area contributed by atoms with Gasteiger partial charge in [0.2, 0.25) is 5.82 Å². The molecule has 122 valence electrons. The molecule has 0 spiro atoms. The van der Waals surface area contributed by atoms with Crippen molar-refractivity contribution in [2.24, 2.45) is 5.92 Å². The minimum Gasteiger partial charge on any atom is -0.480 e. The van der Waals surface area contributed by atoms with Gasteiger partial charge < -0.3 is 10.4 Å². The number of carbonyl (C=O) groups excluding carboxylic acids is 1. The maximum atomic E-state index is 12.1. The Kier molecular flexibility index (Phi) is 4.95. The van der Waals surface area contributed by atoms with Crippen molar-refractivity contribution in [2.45, 2.75) is 26.3 Å². The molecule has 0 bridgehead atoms. The average molecular weight is 318 g/mol. The number of nitrogens with one attached hydrogen (secondary N) is 2. The first kappa shape index (κ1) is 16.5. The highest BCUT2D eigenvalue weighted by Gasteiger charge is 2.24. The highest BCUT2D eigenvalue weighted by molar-refractivity contribution is 5.93. The summed E-state index contributed by atoms with van der Waals surface area (Å²) in [5.74, 6) is -1.99. The molecule has 0 aliphatic carbocycles. The Morgan fingerprint density at radius 1 is 1.30 bits per heavy atom. The van der Waals surface area contributed by atoms with Crippen LogP contribution < -0.4 is 11.0 Å². The molecule has 1 aromatic heterocycles. The number of amides is 1. The van der Waals surface area contributed by atoms with Crippen LogP contribution in [0.25, 0.3) is 5.69 Å². The van der Waals surface area contributed by atoms with Gasteiger partial charge >= 0.3 is 11.7 Å². The van der Waals surface area contributed by atoms with Crippen molar-refractivity contribution in [3.63, 3.8) is 0 Å². The number of carbonyl (C=O) groups is 2. The van der Waals surface area contributed by atoms with Crippen LogP contribution >= 0.6 is 0 Å². The number of para-hydroxylation sites is 1. The van der Waals surface area contributed by atoms with Gasteiger partial charge in [-0.1, -0.05) is 32.0 Å². The van der Waals surface area contributed by atoms with Crippen LogP contribution in [-0.4, -0.2) is 37.8 Å². The van der Waals surface area contributed by atoms with Crippen LogP contribution in [0.4, 0.5) is 0 Å². The summed E-state index contributed by atoms with van der Waals surface area (Å²) in [6, 6.07) is 7.57. The number of aromatic nitrogens is 3. The van der Waals surface area contributed by atoms with E-state index in [0.29, 0.717) is 5.69 Å². The maximum Gasteiger partial charge on any atom is 0.348 e. The van der Waals surface area contributed by atoms with E-state index >= 15 is 0 Å². The summed E-state index contributed by atoms with van der Waals surface area (Å²) in [4.78, 5) is 37.5. The second-order valence-electron chi connectivity index (χ2n) is 5.52. The number of hydrogen-bond donors (Lipinski definition) is 3. The molecule has 23 heavy (non-hydrogen) atoms. The van der Waals surface area contributed by atoms with Crippen molar-refractivity contribution < 1.29 is 14.7 Å². The maximum absolute atomic E-state index is 12.1. The Balaban J connectivity index is 2.20. The van der Waals surface area contributed by atoms with E-state index in [1.54, 1.807) is 30.3 Å². The molecule has 1 atom stereocenters. The van der Waals surface area contributed by atoms with Gasteiger partial charge in [-0.05, 0) is 24.5 Å². The zero-order valence-electron chi connectivity index (χ0n) is 12.8. The SMILES string of the molecule is CC(C)CC(NC(=O)c1nn(-c2ccccc2)c(=O)[nH]1)C(=O)O. The van der Waals surface area contributed by atoms with Crippen molar-refractivity contribution in [2.75, 3.05) is 0 Å². The summed E-state index contributed by atoms with van der Waals surface area (Å²) >= 11 is 0. The second kappa shape index (κ2) is 6.91. The molecule has 0 fully saturated rings. The van der Waals surface area contributed by atoms with Crippen molar-refractivity contribution in [3.05, 3.63) is 46.6 Å². The minimum atomic E-state index is -1.13. The number of H-pyrrole nitrogens is 1. The molecule has 2 rings (SSSR count). The number of benzene rings is 1. The molecule has 1 aromatic carbocycles. The van der Waals surface area contributed by atoms with Crippen molar-refractivity contribution >= 4 is 11.9 Å². The summed E-state index contributed by atoms with van der Waals surface area (Å²) in [5.41, 5.74) is -0.0677. The Labute approximate surface area is 132 Å². The second-order valence-corrected chi connectivity index (χ2v) is 5.52. The minimum absolute atomic E-state index is 0.0947. The molecule has 0 aliphatic rings. The van der Waals surface area contributed by atoms with Gasteiger partial charge in [0.1, 0.15) is 6.04 Å². The van der Waals surface area contributed by atoms with Crippen molar-refractivity contribution in [3.8, 4) is 5.69 Å². The van der Waals surface area contributed by atoms with Gasteiger partial charge in [-0.15, -0.1) is 5.10 Å². The van der Waals surface area contributed by atoms with Crippen LogP contribution in [0.2, 0.25) is 0 Å². The first-order chi connectivity index (χ1) is 10.9. The highest BCUT2D eigenvalue weighted by atomic mass is 16.4. The third-order valence-electron chi connectivity index (χ3n) is 3.14. The van der Waals surface area contributed by atoms with Gasteiger partial charge in [-0.2, -0.15) is 4.68 Å². The zero-order valence-corrected chi connectivity index (χ0v) is 12.8. The van der Waals surface area contributed by atoms with E-state index in [1.165, 1.54) is 0 Å². The fourth-order valence-corrected chi connectivity index (χ4v) is 2.09. The number of hydrogen-bond acceptors (Lipinski definition) is 4. The fraction of sp³-hybridized carbons (Fsp3) is 0.333. The molecule has 1 unspecified atom stereocenters. The average Bonchev–Trinajstić information content (AvgIpc) is 2.89. The van der Waals surface area contributed by atoms with E-state index in [9.17, 15) is 14.4 Å². The molecule has 0 saturated carbocycles. The number of carboxylic acids is 1. The van der Waals surface area contributed by atoms with Crippen LogP contribution in [0.5, 0.6) is 0 Å². The first-order valence-electron chi connectivity index (χ1n) is 7.17. The summed E-state index contributed by atoms with van der Waals surface area (Å²) in [6.07, 6.45) is 0.282. The number of carboxylic acid groups (broad SMARTS) is 1. The predicted molar refractivity (Wildman–Crippen MR) is 82.5 cm³/mol. The molecule has 0 aliphatic heterocycles. The molecular weight excluding hydrogens is 300 g/mol. The Bertz CT molecular complexity index is 748. The normalized spacial score (nSPS) is 12.1. The largest absolute Gasteiger partial charge is 0.480 e. The summed E-state index contributed by atoms with van der Waals surface area (Å²) < 4.78 is 1.05. The van der Waals surface area contributed by atoms with E-state index in [1.807, 2.05) is 13.8 Å². The van der Waals surface area contributed by atoms with Crippen LogP contribution in [0.15, 0.2) is 35.1 Å². The summed E-state index contributed by atoms with van der Waals surface area (Å²) in [5, 5.41) is 15.4. The quantitative estimate of drug-likeness (QED) is 0.728. The third kappa shape index (κ3) is 4.06. The Morgan fingerprint density at radius 3 is 2.52 bits per heavy atom. The van der Waals surface area contributed by atoms with E-state index in [2.05, 4.69) is 15.4 Å². The summed E-state index contributed by atoms with van der Waals surface area (Å²) in [6.45, 7) is 3.71. The first-order valence-corrected chi connectivity index (χ1v) is 7.17. The molecule has 1 heterocycles. The monoisotopic (exact) mass is 318 g/mol. The van der Waals surface area contributed by atoms with E-state index in [0.717, 1.165) is 4.68 Å². The number of rotatable bonds is 6. The molecular formula is C15H18N4O4. The van der Waals surface area contributed by atoms with E-state index < -0.39 is 23.6 Å². The molecule has 3 N–H and O–H groups in total. The molecule has 2 aromatic rings. The van der Waals surface area contributed by atoms with Gasteiger partial charge in [0.25, 0.3) is 5.91 Å². The van der Waals surface area contributed by atoms with Gasteiger partial charge in [0.15, 0.2) is 0 Å². The van der Waals surface area contributed by atoms with E-state index in [-0.39, 0.29) is 18.2 Å². The summed E-state index contributed by atoms with van der Waals surface area (Å²) in [7, 11) is 0. The highest BCUT2D eigenvalue weighted by Crippen LogP contribution is 2.06. The molecule has 8 nitrogen and oxygen atoms in total. The molecule has 0 saturated heterocycles. The lowest BCUT2D eigenvalue weighted by atomic mass is 10.0. The lowest BCUT2D eigenvalue weighted by molar-refractivity contribution is -0.139. The van der Waals surface area contributed by atoms with Crippen LogP contribution in [0.3, 0.4) is 0 Å². The van der Waals surface area contributed by atoms with Gasteiger partial charge in [-0.3, -0.25) is 9.78 Å². The number of aliphatic carboxylic acids is 1. The smallest absolute Gasteiger partial charge is 0.348 e. The lowest BCUT2D eigenvalue weighted by Gasteiger charge is -2.15. The third-order valence-corrected chi connectivity index (χ3v) is 3.14. The van der Waals surface area contributed by atoms with Crippen molar-refractivity contribution in [1.82, 2.24) is 20.1 Å². The number of nitrogens with zero attached hydrogens (tertiary/aromatic N) is 2. The fourth-order valence-electron chi connectivity index (χ4n) is 2.09. The van der Waals surface area contributed by atoms with Crippen molar-refractivity contribution in [1.29, 1.82) is 0 Å². The van der Waals surface area contributed by atoms with Gasteiger partial charge in [0.05, 0.1) is 5.69 Å². The molecule has 1 amide bonds. The van der Waals surface area contributed by atoms with E-state index in [4.69, 9.17) is 5.11 Å². The Morgan fingerprint density at radius 2 is 1.96 bits per heavy atom. The molecule has 0 radical (unpaired) electrons. The topological polar surface area (TPSA) is 117 Å². The van der Waals surface area contributed by atoms with Crippen LogP contribution in [0, 0.1) is 5.92 Å². The standard InChI is InChI=1S/C15H18N4O4/c1-9(2)8-11(14(21)22)16-13(20)12-17-15(23)19(18-12)10-6-4-3-5-7-10/h3-7,9,11H,8H2,1-2H3,(H,16,20)(H,21,22)(H,17,18,23). The molecule has 8 heteroatoms. The Hall–Kier alpha value is -2.90. The van der Waals surface area contributed by atoms with Gasteiger partial charge in [0, 0.05) is 0 Å². The van der Waals surface area contributed by atoms with Crippen LogP contribution in [0.1, 0.15) is 30.9 Å². The zero-order chi connectivity index (χ0) is 17.0. The van der Waals surface area contributed by atoms with Crippen LogP contribution in [-0.2, 0) is 4.79 Å². The predicted octanol–water partition coefficient (Wildman–Crippen LogP) is 0.790. The van der Waals surface area contributed by atoms with Gasteiger partial charge in [-0.25, -0.2) is 9.59 Å².